The van der Waals surface area contributed by atoms with E-state index in [9.17, 15) is 0 Å². The van der Waals surface area contributed by atoms with E-state index < -0.39 is 0 Å². The Morgan fingerprint density at radius 1 is 1.19 bits per heavy atom. The van der Waals surface area contributed by atoms with Gasteiger partial charge in [0.05, 0.1) is 19.9 Å². The second kappa shape index (κ2) is 7.92. The SMILES string of the molecule is COc1ccc(Cc2n[nH]c3c2CN(C2CCSCC2)CC3)cc1OC. The Balaban J connectivity index is 1.52. The third kappa shape index (κ3) is 3.58. The van der Waals surface area contributed by atoms with Crippen molar-refractivity contribution in [2.45, 2.75) is 38.3 Å². The number of nitrogens with one attached hydrogen (secondary N) is 1. The Kier molecular flexibility index (Phi) is 5.41. The van der Waals surface area contributed by atoms with Crippen molar-refractivity contribution >= 4 is 11.8 Å². The average molecular weight is 374 g/mol. The minimum absolute atomic E-state index is 0.744. The first-order valence-corrected chi connectivity index (χ1v) is 10.5. The molecule has 0 amide bonds. The molecule has 1 fully saturated rings. The van der Waals surface area contributed by atoms with Crippen LogP contribution in [0, 0.1) is 0 Å². The number of aromatic amines is 1. The van der Waals surface area contributed by atoms with E-state index in [1.54, 1.807) is 14.2 Å². The predicted octanol–water partition coefficient (Wildman–Crippen LogP) is 3.27. The van der Waals surface area contributed by atoms with Crippen LogP contribution in [0.1, 0.15) is 35.4 Å². The van der Waals surface area contributed by atoms with Crippen LogP contribution in [-0.2, 0) is 19.4 Å². The van der Waals surface area contributed by atoms with Crippen molar-refractivity contribution in [2.75, 3.05) is 32.3 Å². The Morgan fingerprint density at radius 3 is 2.77 bits per heavy atom. The summed E-state index contributed by atoms with van der Waals surface area (Å²) in [7, 11) is 3.35. The maximum Gasteiger partial charge on any atom is 0.160 e. The van der Waals surface area contributed by atoms with Gasteiger partial charge in [0.1, 0.15) is 0 Å². The maximum atomic E-state index is 5.44. The molecule has 26 heavy (non-hydrogen) atoms. The van der Waals surface area contributed by atoms with Crippen molar-refractivity contribution in [1.29, 1.82) is 0 Å². The maximum absolute atomic E-state index is 5.44. The monoisotopic (exact) mass is 373 g/mol. The molecular formula is C20H27N3O2S. The summed E-state index contributed by atoms with van der Waals surface area (Å²) < 4.78 is 10.8. The van der Waals surface area contributed by atoms with Gasteiger partial charge in [0.15, 0.2) is 11.5 Å². The smallest absolute Gasteiger partial charge is 0.160 e. The summed E-state index contributed by atoms with van der Waals surface area (Å²) in [5, 5.41) is 7.93. The molecule has 1 N–H and O–H groups in total. The summed E-state index contributed by atoms with van der Waals surface area (Å²) >= 11 is 2.09. The number of benzene rings is 1. The van der Waals surface area contributed by atoms with Gasteiger partial charge in [0, 0.05) is 43.2 Å². The van der Waals surface area contributed by atoms with Crippen molar-refractivity contribution in [3.63, 3.8) is 0 Å². The molecular weight excluding hydrogens is 346 g/mol. The molecule has 0 saturated carbocycles. The topological polar surface area (TPSA) is 50.4 Å². The highest BCUT2D eigenvalue weighted by atomic mass is 32.2. The van der Waals surface area contributed by atoms with Crippen molar-refractivity contribution in [3.05, 3.63) is 40.7 Å². The van der Waals surface area contributed by atoms with Crippen LogP contribution < -0.4 is 9.47 Å². The van der Waals surface area contributed by atoms with E-state index in [1.165, 1.54) is 46.9 Å². The van der Waals surface area contributed by atoms with Crippen molar-refractivity contribution in [3.8, 4) is 11.5 Å². The van der Waals surface area contributed by atoms with Crippen molar-refractivity contribution in [1.82, 2.24) is 15.1 Å². The number of nitrogens with zero attached hydrogens (tertiary/aromatic N) is 2. The summed E-state index contributed by atoms with van der Waals surface area (Å²) in [6, 6.07) is 6.87. The molecule has 1 aromatic carbocycles. The first-order valence-electron chi connectivity index (χ1n) is 9.36. The van der Waals surface area contributed by atoms with Crippen LogP contribution in [0.2, 0.25) is 0 Å². The number of rotatable bonds is 5. The van der Waals surface area contributed by atoms with Gasteiger partial charge in [-0.15, -0.1) is 0 Å². The highest BCUT2D eigenvalue weighted by Crippen LogP contribution is 2.31. The van der Waals surface area contributed by atoms with E-state index in [1.807, 2.05) is 6.07 Å². The molecule has 0 unspecified atom stereocenters. The number of H-pyrrole nitrogens is 1. The average Bonchev–Trinajstić information content (AvgIpc) is 3.10. The van der Waals surface area contributed by atoms with Crippen LogP contribution in [0.4, 0.5) is 0 Å². The molecule has 0 atom stereocenters. The minimum Gasteiger partial charge on any atom is -0.493 e. The second-order valence-corrected chi connectivity index (χ2v) is 8.28. The zero-order valence-electron chi connectivity index (χ0n) is 15.6. The molecule has 0 aliphatic carbocycles. The number of hydrogen-bond donors (Lipinski definition) is 1. The van der Waals surface area contributed by atoms with Crippen molar-refractivity contribution < 1.29 is 9.47 Å². The van der Waals surface area contributed by atoms with Crippen LogP contribution >= 0.6 is 11.8 Å². The van der Waals surface area contributed by atoms with E-state index in [-0.39, 0.29) is 0 Å². The molecule has 1 saturated heterocycles. The highest BCUT2D eigenvalue weighted by molar-refractivity contribution is 7.99. The molecule has 140 valence electrons. The van der Waals surface area contributed by atoms with Gasteiger partial charge in [-0.05, 0) is 42.0 Å². The molecule has 4 rings (SSSR count). The highest BCUT2D eigenvalue weighted by Gasteiger charge is 2.28. The Morgan fingerprint density at radius 2 is 2.00 bits per heavy atom. The van der Waals surface area contributed by atoms with Gasteiger partial charge in [-0.1, -0.05) is 6.07 Å². The Hall–Kier alpha value is -1.66. The Bertz CT molecular complexity index is 756. The zero-order chi connectivity index (χ0) is 17.9. The van der Waals surface area contributed by atoms with Gasteiger partial charge in [0.2, 0.25) is 0 Å². The molecule has 0 spiro atoms. The molecule has 6 heteroatoms. The quantitative estimate of drug-likeness (QED) is 0.872. The van der Waals surface area contributed by atoms with Gasteiger partial charge in [-0.3, -0.25) is 10.00 Å². The van der Waals surface area contributed by atoms with Gasteiger partial charge >= 0.3 is 0 Å². The summed E-state index contributed by atoms with van der Waals surface area (Å²) in [6.45, 7) is 2.18. The van der Waals surface area contributed by atoms with Crippen LogP contribution in [0.3, 0.4) is 0 Å². The lowest BCUT2D eigenvalue weighted by Crippen LogP contribution is -2.41. The summed E-state index contributed by atoms with van der Waals surface area (Å²) in [6.07, 6.45) is 4.55. The number of thioether (sulfide) groups is 1. The van der Waals surface area contributed by atoms with E-state index >= 15 is 0 Å². The van der Waals surface area contributed by atoms with E-state index in [4.69, 9.17) is 9.47 Å². The van der Waals surface area contributed by atoms with Gasteiger partial charge < -0.3 is 9.47 Å². The van der Waals surface area contributed by atoms with E-state index in [0.29, 0.717) is 0 Å². The fourth-order valence-corrected chi connectivity index (χ4v) is 5.15. The lowest BCUT2D eigenvalue weighted by Gasteiger charge is -2.36. The summed E-state index contributed by atoms with van der Waals surface area (Å²) in [5.74, 6) is 4.15. The number of aromatic nitrogens is 2. The second-order valence-electron chi connectivity index (χ2n) is 7.06. The normalized spacial score (nSPS) is 18.5. The van der Waals surface area contributed by atoms with Gasteiger partial charge in [0.25, 0.3) is 0 Å². The first-order chi connectivity index (χ1) is 12.8. The lowest BCUT2D eigenvalue weighted by atomic mass is 9.98. The molecule has 3 heterocycles. The van der Waals surface area contributed by atoms with Gasteiger partial charge in [-0.25, -0.2) is 0 Å². The molecule has 1 aromatic heterocycles. The van der Waals surface area contributed by atoms with E-state index in [0.717, 1.165) is 43.5 Å². The molecule has 2 aliphatic rings. The number of hydrogen-bond acceptors (Lipinski definition) is 5. The number of methoxy groups -OCH3 is 2. The Labute approximate surface area is 159 Å². The first kappa shape index (κ1) is 17.7. The summed E-state index contributed by atoms with van der Waals surface area (Å²) in [4.78, 5) is 2.68. The largest absolute Gasteiger partial charge is 0.493 e. The van der Waals surface area contributed by atoms with Crippen molar-refractivity contribution in [2.24, 2.45) is 0 Å². The predicted molar refractivity (Wildman–Crippen MR) is 105 cm³/mol. The zero-order valence-corrected chi connectivity index (χ0v) is 16.4. The molecule has 5 nitrogen and oxygen atoms in total. The van der Waals surface area contributed by atoms with Gasteiger partial charge in [-0.2, -0.15) is 16.9 Å². The molecule has 2 aliphatic heterocycles. The van der Waals surface area contributed by atoms with Crippen LogP contribution in [-0.4, -0.2) is 53.4 Å². The fraction of sp³-hybridized carbons (Fsp3) is 0.550. The number of fused-ring (bicyclic) bond motifs is 1. The summed E-state index contributed by atoms with van der Waals surface area (Å²) in [5.41, 5.74) is 5.09. The lowest BCUT2D eigenvalue weighted by molar-refractivity contribution is 0.167. The van der Waals surface area contributed by atoms with Crippen LogP contribution in [0.15, 0.2) is 18.2 Å². The van der Waals surface area contributed by atoms with Crippen LogP contribution in [0.25, 0.3) is 0 Å². The molecule has 2 aromatic rings. The van der Waals surface area contributed by atoms with E-state index in [2.05, 4.69) is 39.0 Å². The standard InChI is InChI=1S/C20H27N3O2S/c1-24-19-4-3-14(12-20(19)25-2)11-18-16-13-23(8-5-17(16)21-22-18)15-6-9-26-10-7-15/h3-4,12,15H,5-11,13H2,1-2H3,(H,21,22). The third-order valence-corrected chi connectivity index (χ3v) is 6.62. The fourth-order valence-electron chi connectivity index (χ4n) is 4.07. The number of ether oxygens (including phenoxy) is 2. The molecule has 0 radical (unpaired) electrons. The minimum atomic E-state index is 0.744. The van der Waals surface area contributed by atoms with Crippen LogP contribution in [0.5, 0.6) is 11.5 Å². The third-order valence-electron chi connectivity index (χ3n) is 5.58. The molecule has 0 bridgehead atoms.